The lowest BCUT2D eigenvalue weighted by molar-refractivity contribution is -0.113. The Kier molecular flexibility index (Phi) is 4.51. The first kappa shape index (κ1) is 17.9. The van der Waals surface area contributed by atoms with Gasteiger partial charge in [-0.3, -0.25) is 9.36 Å². The van der Waals surface area contributed by atoms with E-state index in [2.05, 4.69) is 56.2 Å². The summed E-state index contributed by atoms with van der Waals surface area (Å²) in [6.07, 6.45) is 0. The van der Waals surface area contributed by atoms with Crippen LogP contribution >= 0.6 is 11.8 Å². The van der Waals surface area contributed by atoms with Crippen LogP contribution in [0.2, 0.25) is 0 Å². The highest BCUT2D eigenvalue weighted by Gasteiger charge is 2.26. The maximum Gasteiger partial charge on any atom is 0.234 e. The lowest BCUT2D eigenvalue weighted by atomic mass is 10.2. The minimum Gasteiger partial charge on any atom is -0.454 e. The zero-order chi connectivity index (χ0) is 19.8. The zero-order valence-corrected chi connectivity index (χ0v) is 16.6. The minimum atomic E-state index is -0.111. The third kappa shape index (κ3) is 3.49. The van der Waals surface area contributed by atoms with Gasteiger partial charge in [-0.25, -0.2) is 0 Å². The van der Waals surface area contributed by atoms with E-state index in [-0.39, 0.29) is 18.5 Å². The molecular weight excluding hydrogens is 390 g/mol. The van der Waals surface area contributed by atoms with Gasteiger partial charge in [0, 0.05) is 30.5 Å². The maximum atomic E-state index is 12.4. The first-order valence-electron chi connectivity index (χ1n) is 9.27. The molecule has 0 atom stereocenters. The molecule has 0 radical (unpaired) electrons. The molecular formula is C20H19N5O3S. The van der Waals surface area contributed by atoms with Gasteiger partial charge in [-0.1, -0.05) is 29.5 Å². The van der Waals surface area contributed by atoms with Crippen molar-refractivity contribution in [1.82, 2.24) is 14.8 Å². The Hall–Kier alpha value is -3.20. The summed E-state index contributed by atoms with van der Waals surface area (Å²) in [7, 11) is 0. The van der Waals surface area contributed by atoms with E-state index in [0.29, 0.717) is 17.2 Å². The van der Waals surface area contributed by atoms with Crippen LogP contribution in [0.3, 0.4) is 0 Å². The van der Waals surface area contributed by atoms with Crippen LogP contribution in [0.1, 0.15) is 5.56 Å². The quantitative estimate of drug-likeness (QED) is 0.648. The highest BCUT2D eigenvalue weighted by atomic mass is 32.2. The van der Waals surface area contributed by atoms with Gasteiger partial charge in [0.05, 0.1) is 5.75 Å². The molecule has 2 aromatic carbocycles. The van der Waals surface area contributed by atoms with Crippen molar-refractivity contribution in [2.24, 2.45) is 0 Å². The van der Waals surface area contributed by atoms with Gasteiger partial charge in [0.2, 0.25) is 18.6 Å². The van der Waals surface area contributed by atoms with Gasteiger partial charge >= 0.3 is 0 Å². The van der Waals surface area contributed by atoms with Crippen molar-refractivity contribution >= 4 is 35.0 Å². The number of nitrogens with zero attached hydrogens (tertiary/aromatic N) is 4. The molecule has 0 spiro atoms. The van der Waals surface area contributed by atoms with Crippen LogP contribution in [0.4, 0.5) is 17.3 Å². The summed E-state index contributed by atoms with van der Waals surface area (Å²) in [6, 6.07) is 13.7. The minimum absolute atomic E-state index is 0.111. The fraction of sp³-hybridized carbons (Fsp3) is 0.250. The predicted octanol–water partition coefficient (Wildman–Crippen LogP) is 3.20. The summed E-state index contributed by atoms with van der Waals surface area (Å²) < 4.78 is 12.7. The highest BCUT2D eigenvalue weighted by Crippen LogP contribution is 2.35. The number of aryl methyl sites for hydroxylation is 1. The van der Waals surface area contributed by atoms with E-state index in [9.17, 15) is 4.79 Å². The first-order valence-corrected chi connectivity index (χ1v) is 10.3. The first-order chi connectivity index (χ1) is 14.2. The molecule has 1 aromatic heterocycles. The molecule has 1 N–H and O–H groups in total. The van der Waals surface area contributed by atoms with Gasteiger partial charge in [-0.15, -0.1) is 10.2 Å². The second-order valence-electron chi connectivity index (χ2n) is 6.83. The van der Waals surface area contributed by atoms with Crippen LogP contribution in [0, 0.1) is 6.92 Å². The molecule has 1 amide bonds. The average Bonchev–Trinajstić information content (AvgIpc) is 3.43. The smallest absolute Gasteiger partial charge is 0.234 e. The molecule has 0 unspecified atom stereocenters. The molecule has 2 aliphatic rings. The van der Waals surface area contributed by atoms with Crippen LogP contribution in [0.15, 0.2) is 47.6 Å². The molecule has 29 heavy (non-hydrogen) atoms. The van der Waals surface area contributed by atoms with Crippen molar-refractivity contribution < 1.29 is 14.3 Å². The molecule has 5 rings (SSSR count). The van der Waals surface area contributed by atoms with E-state index in [0.717, 1.165) is 29.9 Å². The maximum absolute atomic E-state index is 12.4. The van der Waals surface area contributed by atoms with E-state index in [1.165, 1.54) is 17.3 Å². The standard InChI is InChI=1S/C20H19N5O3S/c1-13-2-5-15(6-3-13)24-8-9-25-19(24)22-23-20(25)29-11-18(26)21-14-4-7-16-17(10-14)28-12-27-16/h2-7,10H,8-9,11-12H2,1H3,(H,21,26). The number of anilines is 3. The van der Waals surface area contributed by atoms with E-state index >= 15 is 0 Å². The number of amides is 1. The number of carbonyl (C=O) groups excluding carboxylic acids is 1. The third-order valence-electron chi connectivity index (χ3n) is 4.82. The van der Waals surface area contributed by atoms with Crippen LogP contribution in [0.5, 0.6) is 11.5 Å². The molecule has 0 saturated carbocycles. The molecule has 9 heteroatoms. The summed E-state index contributed by atoms with van der Waals surface area (Å²) in [5.41, 5.74) is 3.00. The van der Waals surface area contributed by atoms with Gasteiger partial charge in [0.1, 0.15) is 0 Å². The van der Waals surface area contributed by atoms with E-state index in [1.54, 1.807) is 18.2 Å². The average molecular weight is 409 g/mol. The number of carbonyl (C=O) groups is 1. The van der Waals surface area contributed by atoms with Crippen LogP contribution in [0.25, 0.3) is 0 Å². The van der Waals surface area contributed by atoms with Crippen LogP contribution < -0.4 is 19.7 Å². The Morgan fingerprint density at radius 1 is 1.10 bits per heavy atom. The number of aromatic nitrogens is 3. The van der Waals surface area contributed by atoms with Gasteiger partial charge in [0.15, 0.2) is 16.7 Å². The second-order valence-corrected chi connectivity index (χ2v) is 7.77. The molecule has 8 nitrogen and oxygen atoms in total. The Balaban J connectivity index is 1.23. The van der Waals surface area contributed by atoms with Gasteiger partial charge < -0.3 is 19.7 Å². The number of hydrogen-bond acceptors (Lipinski definition) is 7. The lowest BCUT2D eigenvalue weighted by Crippen LogP contribution is -2.14. The van der Waals surface area contributed by atoms with Crippen molar-refractivity contribution in [1.29, 1.82) is 0 Å². The topological polar surface area (TPSA) is 81.5 Å². The second kappa shape index (κ2) is 7.32. The molecule has 0 fully saturated rings. The van der Waals surface area contributed by atoms with Crippen molar-refractivity contribution in [3.8, 4) is 11.5 Å². The van der Waals surface area contributed by atoms with Crippen molar-refractivity contribution in [3.05, 3.63) is 48.0 Å². The largest absolute Gasteiger partial charge is 0.454 e. The molecule has 0 aliphatic carbocycles. The number of nitrogens with one attached hydrogen (secondary N) is 1. The van der Waals surface area contributed by atoms with Gasteiger partial charge in [-0.2, -0.15) is 0 Å². The lowest BCUT2D eigenvalue weighted by Gasteiger charge is -2.15. The fourth-order valence-electron chi connectivity index (χ4n) is 3.35. The SMILES string of the molecule is Cc1ccc(N2CCn3c(SCC(=O)Nc4ccc5c(c4)OCO5)nnc32)cc1. The number of benzene rings is 2. The van der Waals surface area contributed by atoms with E-state index < -0.39 is 0 Å². The van der Waals surface area contributed by atoms with Crippen molar-refractivity contribution in [2.45, 2.75) is 18.6 Å². The van der Waals surface area contributed by atoms with Crippen LogP contribution in [-0.2, 0) is 11.3 Å². The summed E-state index contributed by atoms with van der Waals surface area (Å²) in [5, 5.41) is 12.2. The number of hydrogen-bond donors (Lipinski definition) is 1. The molecule has 3 heterocycles. The summed E-state index contributed by atoms with van der Waals surface area (Å²) in [6.45, 7) is 3.91. The van der Waals surface area contributed by atoms with Gasteiger partial charge in [-0.05, 0) is 31.2 Å². The fourth-order valence-corrected chi connectivity index (χ4v) is 4.11. The van der Waals surface area contributed by atoms with Gasteiger partial charge in [0.25, 0.3) is 0 Å². The Labute approximate surface area is 171 Å². The number of fused-ring (bicyclic) bond motifs is 2. The third-order valence-corrected chi connectivity index (χ3v) is 5.79. The Morgan fingerprint density at radius 3 is 2.79 bits per heavy atom. The number of ether oxygens (including phenoxy) is 2. The van der Waals surface area contributed by atoms with Crippen LogP contribution in [-0.4, -0.2) is 39.8 Å². The summed E-state index contributed by atoms with van der Waals surface area (Å²) >= 11 is 1.38. The Morgan fingerprint density at radius 2 is 1.93 bits per heavy atom. The Bertz CT molecular complexity index is 1070. The normalized spacial score (nSPS) is 14.2. The summed E-state index contributed by atoms with van der Waals surface area (Å²) in [5.74, 6) is 2.28. The molecule has 0 bridgehead atoms. The molecule has 0 saturated heterocycles. The van der Waals surface area contributed by atoms with E-state index in [1.807, 2.05) is 0 Å². The summed E-state index contributed by atoms with van der Waals surface area (Å²) in [4.78, 5) is 14.5. The highest BCUT2D eigenvalue weighted by molar-refractivity contribution is 7.99. The zero-order valence-electron chi connectivity index (χ0n) is 15.8. The van der Waals surface area contributed by atoms with Crippen molar-refractivity contribution in [3.63, 3.8) is 0 Å². The molecule has 3 aromatic rings. The van der Waals surface area contributed by atoms with E-state index in [4.69, 9.17) is 9.47 Å². The molecule has 2 aliphatic heterocycles. The monoisotopic (exact) mass is 409 g/mol. The number of rotatable bonds is 5. The molecule has 148 valence electrons. The predicted molar refractivity (Wildman–Crippen MR) is 110 cm³/mol. The number of thioether (sulfide) groups is 1. The van der Waals surface area contributed by atoms with Crippen molar-refractivity contribution in [2.75, 3.05) is 29.3 Å².